The van der Waals surface area contributed by atoms with Crippen molar-refractivity contribution < 1.29 is 17.6 Å². The Hall–Kier alpha value is -3.27. The zero-order chi connectivity index (χ0) is 24.3. The van der Waals surface area contributed by atoms with Crippen molar-refractivity contribution in [3.63, 3.8) is 0 Å². The maximum Gasteiger partial charge on any atom is 0.333 e. The van der Waals surface area contributed by atoms with Gasteiger partial charge in [-0.05, 0) is 67.6 Å². The molecular weight excluding hydrogens is 445 g/mol. The lowest BCUT2D eigenvalue weighted by atomic mass is 9.94. The van der Waals surface area contributed by atoms with Crippen molar-refractivity contribution in [2.24, 2.45) is 0 Å². The zero-order valence-corrected chi connectivity index (χ0v) is 20.1. The minimum Gasteiger partial charge on any atom is -0.306 e. The van der Waals surface area contributed by atoms with Gasteiger partial charge in [0.1, 0.15) is 5.82 Å². The summed E-state index contributed by atoms with van der Waals surface area (Å²) in [6.45, 7) is 9.39. The highest BCUT2D eigenvalue weighted by Gasteiger charge is 2.24. The Balaban J connectivity index is 1.98. The van der Waals surface area contributed by atoms with Crippen LogP contribution in [0.4, 0.5) is 14.9 Å². The molecule has 0 aliphatic rings. The summed E-state index contributed by atoms with van der Waals surface area (Å²) in [5.74, 6) is -0.595. The second-order valence-electron chi connectivity index (χ2n) is 8.25. The molecule has 0 radical (unpaired) electrons. The van der Waals surface area contributed by atoms with Gasteiger partial charge in [0.2, 0.25) is 0 Å². The Morgan fingerprint density at radius 2 is 1.88 bits per heavy atom. The highest BCUT2D eigenvalue weighted by molar-refractivity contribution is 7.90. The van der Waals surface area contributed by atoms with Crippen molar-refractivity contribution in [1.82, 2.24) is 19.5 Å². The van der Waals surface area contributed by atoms with Gasteiger partial charge in [0, 0.05) is 29.7 Å². The molecule has 0 bridgehead atoms. The fourth-order valence-electron chi connectivity index (χ4n) is 3.35. The average molecular weight is 474 g/mol. The summed E-state index contributed by atoms with van der Waals surface area (Å²) < 4.78 is 43.3. The van der Waals surface area contributed by atoms with Crippen LogP contribution in [0.5, 0.6) is 0 Å². The number of aryl methyl sites for hydroxylation is 1. The molecule has 2 heterocycles. The topological polar surface area (TPSA) is 106 Å². The third kappa shape index (κ3) is 5.57. The number of nitrogens with one attached hydrogen (secondary N) is 2. The number of pyridine rings is 1. The van der Waals surface area contributed by atoms with Crippen LogP contribution in [-0.4, -0.2) is 29.2 Å². The first kappa shape index (κ1) is 24.4. The van der Waals surface area contributed by atoms with Crippen LogP contribution in [0.1, 0.15) is 57.8 Å². The van der Waals surface area contributed by atoms with E-state index in [2.05, 4.69) is 15.4 Å². The van der Waals surface area contributed by atoms with Crippen molar-refractivity contribution in [3.05, 3.63) is 59.8 Å². The molecule has 0 saturated heterocycles. The summed E-state index contributed by atoms with van der Waals surface area (Å²) in [5, 5.41) is 6.37. The van der Waals surface area contributed by atoms with Crippen LogP contribution < -0.4 is 10.0 Å². The number of hydrogen-bond acceptors (Lipinski definition) is 5. The molecule has 8 nitrogen and oxygen atoms in total. The largest absolute Gasteiger partial charge is 0.333 e. The van der Waals surface area contributed by atoms with E-state index in [0.29, 0.717) is 28.8 Å². The van der Waals surface area contributed by atoms with Gasteiger partial charge < -0.3 is 5.32 Å². The van der Waals surface area contributed by atoms with E-state index in [9.17, 15) is 17.6 Å². The van der Waals surface area contributed by atoms with Gasteiger partial charge in [-0.15, -0.1) is 0 Å². The molecule has 0 fully saturated rings. The number of sulfonamides is 1. The fourth-order valence-corrected chi connectivity index (χ4v) is 4.20. The molecule has 33 heavy (non-hydrogen) atoms. The van der Waals surface area contributed by atoms with Crippen molar-refractivity contribution in [2.75, 3.05) is 5.32 Å². The number of aromatic nitrogens is 3. The molecule has 0 aliphatic heterocycles. The highest BCUT2D eigenvalue weighted by atomic mass is 32.2. The summed E-state index contributed by atoms with van der Waals surface area (Å²) >= 11 is 0. The molecule has 2 N–H and O–H groups in total. The predicted molar refractivity (Wildman–Crippen MR) is 125 cm³/mol. The molecule has 0 saturated carbocycles. The molecule has 3 rings (SSSR count). The number of urea groups is 1. The lowest BCUT2D eigenvalue weighted by molar-refractivity contribution is 0.256. The number of halogens is 1. The number of anilines is 1. The maximum absolute atomic E-state index is 14.5. The summed E-state index contributed by atoms with van der Waals surface area (Å²) in [7, 11) is -4.20. The average Bonchev–Trinajstić information content (AvgIpc) is 3.26. The Morgan fingerprint density at radius 1 is 1.15 bits per heavy atom. The van der Waals surface area contributed by atoms with Crippen LogP contribution in [0.2, 0.25) is 0 Å². The van der Waals surface area contributed by atoms with Crippen LogP contribution in [0, 0.1) is 5.82 Å². The Morgan fingerprint density at radius 3 is 2.48 bits per heavy atom. The van der Waals surface area contributed by atoms with E-state index in [4.69, 9.17) is 0 Å². The van der Waals surface area contributed by atoms with Crippen molar-refractivity contribution in [1.29, 1.82) is 0 Å². The van der Waals surface area contributed by atoms with Crippen LogP contribution in [0.25, 0.3) is 11.1 Å². The van der Waals surface area contributed by atoms with Gasteiger partial charge in [0.25, 0.3) is 10.0 Å². The van der Waals surface area contributed by atoms with Crippen LogP contribution in [0.3, 0.4) is 0 Å². The van der Waals surface area contributed by atoms with Crippen molar-refractivity contribution >= 4 is 21.7 Å². The normalized spacial score (nSPS) is 11.8. The molecule has 10 heteroatoms. The van der Waals surface area contributed by atoms with Gasteiger partial charge in [0.05, 0.1) is 5.69 Å². The number of nitrogens with zero attached hydrogens (tertiary/aromatic N) is 3. The number of carbonyl (C=O) groups is 1. The van der Waals surface area contributed by atoms with E-state index < -0.39 is 21.9 Å². The number of amides is 2. The van der Waals surface area contributed by atoms with E-state index in [1.807, 2.05) is 45.4 Å². The number of hydrogen-bond donors (Lipinski definition) is 2. The Labute approximate surface area is 193 Å². The maximum atomic E-state index is 14.5. The third-order valence-corrected chi connectivity index (χ3v) is 6.32. The molecule has 1 aromatic carbocycles. The summed E-state index contributed by atoms with van der Waals surface area (Å²) in [6.07, 6.45) is 3.83. The number of benzene rings is 1. The first-order valence-corrected chi connectivity index (χ1v) is 12.2. The van der Waals surface area contributed by atoms with Crippen molar-refractivity contribution in [3.8, 4) is 11.1 Å². The van der Waals surface area contributed by atoms with Gasteiger partial charge >= 0.3 is 6.03 Å². The van der Waals surface area contributed by atoms with Gasteiger partial charge in [-0.1, -0.05) is 20.8 Å². The van der Waals surface area contributed by atoms with Gasteiger partial charge in [-0.3, -0.25) is 9.67 Å². The van der Waals surface area contributed by atoms with Crippen LogP contribution >= 0.6 is 0 Å². The molecule has 0 unspecified atom stereocenters. The van der Waals surface area contributed by atoms with E-state index in [1.54, 1.807) is 12.3 Å². The number of carbonyl (C=O) groups excluding carboxylic acids is 1. The molecule has 0 spiro atoms. The zero-order valence-electron chi connectivity index (χ0n) is 19.3. The minimum atomic E-state index is -4.20. The SMILES string of the molecule is CCc1cc(-c2cc(F)cc(C(C)C)c2NC(=O)NS(=O)(=O)c2ccn(C(C)C)n2)ccn1. The summed E-state index contributed by atoms with van der Waals surface area (Å²) in [5.41, 5.74) is 2.78. The molecule has 3 aromatic rings. The molecule has 2 aromatic heterocycles. The molecule has 0 atom stereocenters. The molecular formula is C23H28FN5O3S. The van der Waals surface area contributed by atoms with E-state index >= 15 is 0 Å². The lowest BCUT2D eigenvalue weighted by Gasteiger charge is -2.19. The summed E-state index contributed by atoms with van der Waals surface area (Å²) in [4.78, 5) is 17.0. The first-order chi connectivity index (χ1) is 15.5. The smallest absolute Gasteiger partial charge is 0.306 e. The minimum absolute atomic E-state index is 0.0356. The van der Waals surface area contributed by atoms with E-state index in [-0.39, 0.29) is 17.0 Å². The van der Waals surface area contributed by atoms with Crippen LogP contribution in [-0.2, 0) is 16.4 Å². The number of rotatable bonds is 7. The monoisotopic (exact) mass is 473 g/mol. The first-order valence-electron chi connectivity index (χ1n) is 10.7. The standard InChI is InChI=1S/C23H28FN5O3S/c1-6-18-11-16(7-9-25-18)20-13-17(24)12-19(14(2)3)22(20)26-23(30)28-33(31,32)21-8-10-29(27-21)15(4)5/h7-15H,6H2,1-5H3,(H2,26,28,30). The molecule has 176 valence electrons. The Kier molecular flexibility index (Phi) is 7.16. The van der Waals surface area contributed by atoms with E-state index in [0.717, 1.165) is 5.69 Å². The molecule has 0 aliphatic carbocycles. The van der Waals surface area contributed by atoms with Gasteiger partial charge in [0.15, 0.2) is 5.03 Å². The van der Waals surface area contributed by atoms with Crippen molar-refractivity contribution in [2.45, 2.75) is 58.0 Å². The molecule has 2 amide bonds. The highest BCUT2D eigenvalue weighted by Crippen LogP contribution is 2.36. The van der Waals surface area contributed by atoms with Gasteiger partial charge in [-0.2, -0.15) is 13.5 Å². The summed E-state index contributed by atoms with van der Waals surface area (Å²) in [6, 6.07) is 6.51. The quantitative estimate of drug-likeness (QED) is 0.510. The second-order valence-corrected chi connectivity index (χ2v) is 9.88. The van der Waals surface area contributed by atoms with Gasteiger partial charge in [-0.25, -0.2) is 13.9 Å². The third-order valence-electron chi connectivity index (χ3n) is 5.10. The second kappa shape index (κ2) is 9.70. The van der Waals surface area contributed by atoms with E-state index in [1.165, 1.54) is 29.1 Å². The lowest BCUT2D eigenvalue weighted by Crippen LogP contribution is -2.35. The Bertz CT molecular complexity index is 1270. The van der Waals surface area contributed by atoms with Crippen LogP contribution in [0.15, 0.2) is 47.8 Å². The fraction of sp³-hybridized carbons (Fsp3) is 0.348. The predicted octanol–water partition coefficient (Wildman–Crippen LogP) is 4.86.